The molecule has 98 valence electrons. The molecule has 0 saturated heterocycles. The van der Waals surface area contributed by atoms with Gasteiger partial charge in [0.1, 0.15) is 12.0 Å². The summed E-state index contributed by atoms with van der Waals surface area (Å²) < 4.78 is 0. The van der Waals surface area contributed by atoms with Crippen LogP contribution in [0.1, 0.15) is 10.5 Å². The Morgan fingerprint density at radius 2 is 1.80 bits per heavy atom. The summed E-state index contributed by atoms with van der Waals surface area (Å²) in [4.78, 5) is 24.1. The van der Waals surface area contributed by atoms with Crippen molar-refractivity contribution in [2.45, 2.75) is 0 Å². The van der Waals surface area contributed by atoms with Gasteiger partial charge in [-0.05, 0) is 24.3 Å². The van der Waals surface area contributed by atoms with E-state index in [0.717, 1.165) is 10.9 Å². The maximum Gasteiger partial charge on any atom is 0.288 e. The number of rotatable bonds is 3. The monoisotopic (exact) mass is 265 g/mol. The third-order valence-corrected chi connectivity index (χ3v) is 2.73. The first-order valence-electron chi connectivity index (χ1n) is 6.02. The molecule has 0 aliphatic carbocycles. The Morgan fingerprint density at radius 1 is 0.950 bits per heavy atom. The van der Waals surface area contributed by atoms with Crippen molar-refractivity contribution in [3.8, 4) is 0 Å². The van der Waals surface area contributed by atoms with Crippen molar-refractivity contribution >= 4 is 22.6 Å². The molecule has 0 bridgehead atoms. The largest absolute Gasteiger partial charge is 0.288 e. The second-order valence-electron chi connectivity index (χ2n) is 4.03. The average molecular weight is 265 g/mol. The summed E-state index contributed by atoms with van der Waals surface area (Å²) in [6.45, 7) is 0. The van der Waals surface area contributed by atoms with Gasteiger partial charge in [-0.1, -0.05) is 18.2 Å². The SMILES string of the molecule is O=C(NNc1ncnc2ccccc12)c1ccccn1. The van der Waals surface area contributed by atoms with E-state index in [1.165, 1.54) is 6.33 Å². The van der Waals surface area contributed by atoms with Crippen LogP contribution in [0, 0.1) is 0 Å². The standard InChI is InChI=1S/C14H11N5O/c20-14(12-7-3-4-8-15-12)19-18-13-10-5-1-2-6-11(10)16-9-17-13/h1-9H,(H,19,20)(H,16,17,18). The van der Waals surface area contributed by atoms with Crippen molar-refractivity contribution in [2.24, 2.45) is 0 Å². The number of aromatic nitrogens is 3. The molecular weight excluding hydrogens is 254 g/mol. The number of anilines is 1. The lowest BCUT2D eigenvalue weighted by molar-refractivity contribution is 0.0957. The number of fused-ring (bicyclic) bond motifs is 1. The molecule has 6 heteroatoms. The molecule has 0 aliphatic heterocycles. The number of carbonyl (C=O) groups excluding carboxylic acids is 1. The van der Waals surface area contributed by atoms with Gasteiger partial charge >= 0.3 is 0 Å². The molecule has 3 aromatic rings. The van der Waals surface area contributed by atoms with Gasteiger partial charge in [0.25, 0.3) is 5.91 Å². The van der Waals surface area contributed by atoms with Crippen molar-refractivity contribution < 1.29 is 4.79 Å². The molecule has 1 aromatic carbocycles. The summed E-state index contributed by atoms with van der Waals surface area (Å²) in [6, 6.07) is 12.7. The number of hydrogen-bond donors (Lipinski definition) is 2. The minimum atomic E-state index is -0.326. The summed E-state index contributed by atoms with van der Waals surface area (Å²) >= 11 is 0. The van der Waals surface area contributed by atoms with Crippen LogP contribution in [0.2, 0.25) is 0 Å². The quantitative estimate of drug-likeness (QED) is 0.706. The van der Waals surface area contributed by atoms with Crippen LogP contribution in [-0.2, 0) is 0 Å². The number of benzene rings is 1. The summed E-state index contributed by atoms with van der Waals surface area (Å²) in [7, 11) is 0. The third-order valence-electron chi connectivity index (χ3n) is 2.73. The fourth-order valence-corrected chi connectivity index (χ4v) is 1.78. The van der Waals surface area contributed by atoms with Crippen molar-refractivity contribution in [3.05, 3.63) is 60.7 Å². The van der Waals surface area contributed by atoms with E-state index in [1.807, 2.05) is 24.3 Å². The van der Waals surface area contributed by atoms with Crippen LogP contribution in [0.3, 0.4) is 0 Å². The van der Waals surface area contributed by atoms with Gasteiger partial charge in [-0.2, -0.15) is 0 Å². The molecule has 0 unspecified atom stereocenters. The Kier molecular flexibility index (Phi) is 3.20. The predicted octanol–water partition coefficient (Wildman–Crippen LogP) is 1.78. The van der Waals surface area contributed by atoms with Crippen LogP contribution < -0.4 is 10.9 Å². The van der Waals surface area contributed by atoms with Crippen molar-refractivity contribution in [1.82, 2.24) is 20.4 Å². The van der Waals surface area contributed by atoms with Gasteiger partial charge in [-0.15, -0.1) is 0 Å². The van der Waals surface area contributed by atoms with Crippen molar-refractivity contribution in [3.63, 3.8) is 0 Å². The van der Waals surface area contributed by atoms with Gasteiger partial charge in [0.05, 0.1) is 5.52 Å². The lowest BCUT2D eigenvalue weighted by Crippen LogP contribution is -2.30. The highest BCUT2D eigenvalue weighted by Crippen LogP contribution is 2.17. The van der Waals surface area contributed by atoms with Gasteiger partial charge in [0, 0.05) is 11.6 Å². The topological polar surface area (TPSA) is 79.8 Å². The molecule has 0 fully saturated rings. The minimum absolute atomic E-state index is 0.326. The summed E-state index contributed by atoms with van der Waals surface area (Å²) in [5.41, 5.74) is 6.50. The zero-order valence-corrected chi connectivity index (χ0v) is 10.4. The highest BCUT2D eigenvalue weighted by atomic mass is 16.2. The first-order chi connectivity index (χ1) is 9.84. The molecule has 2 aromatic heterocycles. The second-order valence-corrected chi connectivity index (χ2v) is 4.03. The summed E-state index contributed by atoms with van der Waals surface area (Å²) in [5.74, 6) is 0.216. The molecular formula is C14H11N5O. The third kappa shape index (κ3) is 2.39. The lowest BCUT2D eigenvalue weighted by Gasteiger charge is -2.09. The fourth-order valence-electron chi connectivity index (χ4n) is 1.78. The Bertz CT molecular complexity index is 739. The Morgan fingerprint density at radius 3 is 2.65 bits per heavy atom. The number of pyridine rings is 1. The summed E-state index contributed by atoms with van der Waals surface area (Å²) in [6.07, 6.45) is 3.01. The predicted molar refractivity (Wildman–Crippen MR) is 74.9 cm³/mol. The zero-order valence-electron chi connectivity index (χ0n) is 10.4. The van der Waals surface area contributed by atoms with Gasteiger partial charge in [0.15, 0.2) is 5.82 Å². The van der Waals surface area contributed by atoms with E-state index in [4.69, 9.17) is 0 Å². The van der Waals surface area contributed by atoms with Crippen LogP contribution in [0.4, 0.5) is 5.82 Å². The molecule has 20 heavy (non-hydrogen) atoms. The molecule has 0 aliphatic rings. The van der Waals surface area contributed by atoms with Gasteiger partial charge in [-0.3, -0.25) is 20.6 Å². The smallest absolute Gasteiger partial charge is 0.281 e. The van der Waals surface area contributed by atoms with E-state index >= 15 is 0 Å². The van der Waals surface area contributed by atoms with E-state index in [-0.39, 0.29) is 5.91 Å². The average Bonchev–Trinajstić information content (AvgIpc) is 2.53. The maximum absolute atomic E-state index is 11.9. The van der Waals surface area contributed by atoms with E-state index in [9.17, 15) is 4.79 Å². The van der Waals surface area contributed by atoms with E-state index in [2.05, 4.69) is 25.8 Å². The molecule has 1 amide bonds. The lowest BCUT2D eigenvalue weighted by atomic mass is 10.2. The number of carbonyl (C=O) groups is 1. The molecule has 0 radical (unpaired) electrons. The highest BCUT2D eigenvalue weighted by Gasteiger charge is 2.07. The molecule has 6 nitrogen and oxygen atoms in total. The molecule has 0 spiro atoms. The highest BCUT2D eigenvalue weighted by molar-refractivity contribution is 5.94. The number of para-hydroxylation sites is 1. The molecule has 2 N–H and O–H groups in total. The fraction of sp³-hybridized carbons (Fsp3) is 0. The van der Waals surface area contributed by atoms with Crippen LogP contribution in [0.25, 0.3) is 10.9 Å². The first-order valence-corrected chi connectivity index (χ1v) is 6.02. The Labute approximate surface area is 114 Å². The maximum atomic E-state index is 11.9. The Hall–Kier alpha value is -3.02. The zero-order chi connectivity index (χ0) is 13.8. The summed E-state index contributed by atoms with van der Waals surface area (Å²) in [5, 5.41) is 0.830. The van der Waals surface area contributed by atoms with Crippen molar-refractivity contribution in [1.29, 1.82) is 0 Å². The number of hydrogen-bond acceptors (Lipinski definition) is 5. The molecule has 0 saturated carbocycles. The number of nitrogens with one attached hydrogen (secondary N) is 2. The van der Waals surface area contributed by atoms with Crippen LogP contribution in [0.15, 0.2) is 55.0 Å². The normalized spacial score (nSPS) is 10.2. The van der Waals surface area contributed by atoms with Crippen LogP contribution >= 0.6 is 0 Å². The molecule has 0 atom stereocenters. The van der Waals surface area contributed by atoms with Crippen LogP contribution in [-0.4, -0.2) is 20.9 Å². The first kappa shape index (κ1) is 12.0. The number of hydrazine groups is 1. The molecule has 2 heterocycles. The Balaban J connectivity index is 1.79. The van der Waals surface area contributed by atoms with Gasteiger partial charge in [-0.25, -0.2) is 9.97 Å². The van der Waals surface area contributed by atoms with Crippen molar-refractivity contribution in [2.75, 3.05) is 5.43 Å². The minimum Gasteiger partial charge on any atom is -0.281 e. The molecule has 3 rings (SSSR count). The number of nitrogens with zero attached hydrogens (tertiary/aromatic N) is 3. The van der Waals surface area contributed by atoms with Crippen LogP contribution in [0.5, 0.6) is 0 Å². The van der Waals surface area contributed by atoms with E-state index in [0.29, 0.717) is 11.5 Å². The number of amides is 1. The van der Waals surface area contributed by atoms with E-state index in [1.54, 1.807) is 24.4 Å². The van der Waals surface area contributed by atoms with Gasteiger partial charge in [0.2, 0.25) is 0 Å². The van der Waals surface area contributed by atoms with Gasteiger partial charge < -0.3 is 0 Å². The second kappa shape index (κ2) is 5.31. The van der Waals surface area contributed by atoms with E-state index < -0.39 is 0 Å².